The third-order valence-electron chi connectivity index (χ3n) is 2.59. The zero-order valence-electron chi connectivity index (χ0n) is 9.65. The molecule has 1 rings (SSSR count). The number of rotatable bonds is 4. The van der Waals surface area contributed by atoms with E-state index in [4.69, 9.17) is 9.84 Å². The summed E-state index contributed by atoms with van der Waals surface area (Å²) in [5.74, 6) is -0.712. The molecule has 88 valence electrons. The fourth-order valence-electron chi connectivity index (χ4n) is 1.84. The van der Waals surface area contributed by atoms with Crippen LogP contribution in [0.1, 0.15) is 30.4 Å². The lowest BCUT2D eigenvalue weighted by atomic mass is 9.92. The van der Waals surface area contributed by atoms with Gasteiger partial charge in [0.15, 0.2) is 11.5 Å². The maximum absolute atomic E-state index is 10.6. The first-order valence-electron chi connectivity index (χ1n) is 5.05. The molecule has 0 aliphatic rings. The van der Waals surface area contributed by atoms with Crippen LogP contribution in [0.3, 0.4) is 0 Å². The molecule has 0 heterocycles. The molecule has 4 heteroatoms. The van der Waals surface area contributed by atoms with E-state index in [2.05, 4.69) is 0 Å². The lowest BCUT2D eigenvalue weighted by Crippen LogP contribution is -2.05. The first kappa shape index (κ1) is 12.4. The highest BCUT2D eigenvalue weighted by molar-refractivity contribution is 5.68. The van der Waals surface area contributed by atoms with Gasteiger partial charge in [-0.1, -0.05) is 13.0 Å². The molecular weight excluding hydrogens is 208 g/mol. The van der Waals surface area contributed by atoms with Gasteiger partial charge in [0.1, 0.15) is 0 Å². The highest BCUT2D eigenvalue weighted by Crippen LogP contribution is 2.37. The fraction of sp³-hybridized carbons (Fsp3) is 0.417. The first-order valence-corrected chi connectivity index (χ1v) is 5.05. The van der Waals surface area contributed by atoms with Gasteiger partial charge < -0.3 is 14.9 Å². The number of carbonyl (C=O) groups is 1. The number of ether oxygens (including phenoxy) is 1. The zero-order chi connectivity index (χ0) is 12.3. The molecule has 0 radical (unpaired) electrons. The molecule has 2 N–H and O–H groups in total. The Bertz CT molecular complexity index is 398. The summed E-state index contributed by atoms with van der Waals surface area (Å²) in [6, 6.07) is 3.48. The average Bonchev–Trinajstić information content (AvgIpc) is 2.16. The van der Waals surface area contributed by atoms with Gasteiger partial charge in [0.05, 0.1) is 13.5 Å². The zero-order valence-corrected chi connectivity index (χ0v) is 9.65. The van der Waals surface area contributed by atoms with E-state index in [9.17, 15) is 9.90 Å². The van der Waals surface area contributed by atoms with Gasteiger partial charge in [-0.3, -0.25) is 4.79 Å². The summed E-state index contributed by atoms with van der Waals surface area (Å²) in [5, 5.41) is 18.7. The Kier molecular flexibility index (Phi) is 3.77. The molecule has 1 unspecified atom stereocenters. The van der Waals surface area contributed by atoms with Gasteiger partial charge >= 0.3 is 5.97 Å². The average molecular weight is 224 g/mol. The molecule has 0 fully saturated rings. The number of carboxylic acids is 1. The molecule has 0 aromatic heterocycles. The van der Waals surface area contributed by atoms with E-state index in [1.807, 2.05) is 13.0 Å². The van der Waals surface area contributed by atoms with Crippen molar-refractivity contribution in [3.8, 4) is 11.5 Å². The molecular formula is C12H16O4. The highest BCUT2D eigenvalue weighted by atomic mass is 16.5. The number of hydrogen-bond donors (Lipinski definition) is 2. The second-order valence-corrected chi connectivity index (χ2v) is 3.85. The quantitative estimate of drug-likeness (QED) is 0.823. The van der Waals surface area contributed by atoms with Crippen LogP contribution >= 0.6 is 0 Å². The summed E-state index contributed by atoms with van der Waals surface area (Å²) in [7, 11) is 1.47. The van der Waals surface area contributed by atoms with Crippen molar-refractivity contribution in [2.45, 2.75) is 26.2 Å². The SMILES string of the molecule is COc1ccc(C)c(C(C)CC(=O)O)c1O. The van der Waals surface area contributed by atoms with Crippen molar-refractivity contribution in [2.75, 3.05) is 7.11 Å². The number of aryl methyl sites for hydroxylation is 1. The van der Waals surface area contributed by atoms with Crippen LogP contribution in [-0.4, -0.2) is 23.3 Å². The van der Waals surface area contributed by atoms with E-state index in [1.54, 1.807) is 13.0 Å². The van der Waals surface area contributed by atoms with Gasteiger partial charge in [0, 0.05) is 5.56 Å². The topological polar surface area (TPSA) is 66.8 Å². The van der Waals surface area contributed by atoms with E-state index >= 15 is 0 Å². The summed E-state index contributed by atoms with van der Waals surface area (Å²) >= 11 is 0. The second-order valence-electron chi connectivity index (χ2n) is 3.85. The Labute approximate surface area is 94.5 Å². The number of carboxylic acid groups (broad SMARTS) is 1. The molecule has 1 aromatic carbocycles. The normalized spacial score (nSPS) is 12.2. The number of aromatic hydroxyl groups is 1. The molecule has 4 nitrogen and oxygen atoms in total. The van der Waals surface area contributed by atoms with Crippen molar-refractivity contribution in [1.82, 2.24) is 0 Å². The van der Waals surface area contributed by atoms with E-state index in [1.165, 1.54) is 7.11 Å². The van der Waals surface area contributed by atoms with Crippen LogP contribution in [0.5, 0.6) is 11.5 Å². The Morgan fingerprint density at radius 1 is 1.50 bits per heavy atom. The van der Waals surface area contributed by atoms with Gasteiger partial charge in [0.2, 0.25) is 0 Å². The van der Waals surface area contributed by atoms with Crippen LogP contribution in [0.25, 0.3) is 0 Å². The van der Waals surface area contributed by atoms with E-state index < -0.39 is 5.97 Å². The molecule has 1 aromatic rings. The smallest absolute Gasteiger partial charge is 0.303 e. The Hall–Kier alpha value is -1.71. The Balaban J connectivity index is 3.15. The summed E-state index contributed by atoms with van der Waals surface area (Å²) in [5.41, 5.74) is 1.51. The molecule has 0 saturated heterocycles. The van der Waals surface area contributed by atoms with Crippen LogP contribution in [-0.2, 0) is 4.79 Å². The summed E-state index contributed by atoms with van der Waals surface area (Å²) in [6.45, 7) is 3.61. The number of phenols is 1. The van der Waals surface area contributed by atoms with Crippen LogP contribution in [0.2, 0.25) is 0 Å². The molecule has 16 heavy (non-hydrogen) atoms. The van der Waals surface area contributed by atoms with Crippen LogP contribution in [0.4, 0.5) is 0 Å². The number of phenolic OH excluding ortho intramolecular Hbond substituents is 1. The Morgan fingerprint density at radius 3 is 2.62 bits per heavy atom. The molecule has 0 saturated carbocycles. The van der Waals surface area contributed by atoms with Crippen LogP contribution in [0.15, 0.2) is 12.1 Å². The molecule has 1 atom stereocenters. The minimum atomic E-state index is -0.880. The predicted octanol–water partition coefficient (Wildman–Crippen LogP) is 2.29. The molecule has 0 aliphatic carbocycles. The standard InChI is InChI=1S/C12H16O4/c1-7-4-5-9(16-3)12(15)11(7)8(2)6-10(13)14/h4-5,8,15H,6H2,1-3H3,(H,13,14). The van der Waals surface area contributed by atoms with Crippen molar-refractivity contribution in [2.24, 2.45) is 0 Å². The van der Waals surface area contributed by atoms with Crippen molar-refractivity contribution in [3.05, 3.63) is 23.3 Å². The minimum absolute atomic E-state index is 0.0123. The first-order chi connectivity index (χ1) is 7.47. The monoisotopic (exact) mass is 224 g/mol. The maximum Gasteiger partial charge on any atom is 0.303 e. The minimum Gasteiger partial charge on any atom is -0.504 e. The lowest BCUT2D eigenvalue weighted by Gasteiger charge is -2.16. The molecule has 0 amide bonds. The van der Waals surface area contributed by atoms with E-state index in [-0.39, 0.29) is 18.1 Å². The summed E-state index contributed by atoms with van der Waals surface area (Å²) in [6.07, 6.45) is -0.0123. The van der Waals surface area contributed by atoms with Crippen molar-refractivity contribution in [3.63, 3.8) is 0 Å². The van der Waals surface area contributed by atoms with Crippen LogP contribution in [0, 0.1) is 6.92 Å². The third kappa shape index (κ3) is 2.45. The van der Waals surface area contributed by atoms with Crippen LogP contribution < -0.4 is 4.74 Å². The lowest BCUT2D eigenvalue weighted by molar-refractivity contribution is -0.137. The number of benzene rings is 1. The van der Waals surface area contributed by atoms with Crippen molar-refractivity contribution < 1.29 is 19.7 Å². The molecule has 0 spiro atoms. The second kappa shape index (κ2) is 4.88. The van der Waals surface area contributed by atoms with E-state index in [0.29, 0.717) is 11.3 Å². The fourth-order valence-corrected chi connectivity index (χ4v) is 1.84. The Morgan fingerprint density at radius 2 is 2.12 bits per heavy atom. The number of methoxy groups -OCH3 is 1. The number of aliphatic carboxylic acids is 1. The van der Waals surface area contributed by atoms with Gasteiger partial charge in [-0.05, 0) is 24.5 Å². The molecule has 0 bridgehead atoms. The largest absolute Gasteiger partial charge is 0.504 e. The van der Waals surface area contributed by atoms with Gasteiger partial charge in [-0.15, -0.1) is 0 Å². The van der Waals surface area contributed by atoms with E-state index in [0.717, 1.165) is 5.56 Å². The van der Waals surface area contributed by atoms with Crippen molar-refractivity contribution >= 4 is 5.97 Å². The van der Waals surface area contributed by atoms with Gasteiger partial charge in [-0.2, -0.15) is 0 Å². The maximum atomic E-state index is 10.6. The number of hydrogen-bond acceptors (Lipinski definition) is 3. The molecule has 0 aliphatic heterocycles. The van der Waals surface area contributed by atoms with Gasteiger partial charge in [0.25, 0.3) is 0 Å². The predicted molar refractivity (Wildman–Crippen MR) is 60.1 cm³/mol. The third-order valence-corrected chi connectivity index (χ3v) is 2.59. The van der Waals surface area contributed by atoms with Crippen molar-refractivity contribution in [1.29, 1.82) is 0 Å². The summed E-state index contributed by atoms with van der Waals surface area (Å²) < 4.78 is 5.00. The van der Waals surface area contributed by atoms with Gasteiger partial charge in [-0.25, -0.2) is 0 Å². The summed E-state index contributed by atoms with van der Waals surface area (Å²) in [4.78, 5) is 10.6. The highest BCUT2D eigenvalue weighted by Gasteiger charge is 2.19.